The van der Waals surface area contributed by atoms with Crippen molar-refractivity contribution in [2.45, 2.75) is 51.7 Å². The molecule has 7 heteroatoms. The summed E-state index contributed by atoms with van der Waals surface area (Å²) in [5, 5.41) is 16.6. The topological polar surface area (TPSA) is 108 Å². The largest absolute Gasteiger partial charge is 0.481 e. The van der Waals surface area contributed by atoms with Gasteiger partial charge in [0.2, 0.25) is 5.91 Å². The zero-order valence-electron chi connectivity index (χ0n) is 11.4. The molecule has 0 aliphatic heterocycles. The molecule has 1 saturated carbocycles. The molecule has 0 aromatic heterocycles. The highest BCUT2D eigenvalue weighted by Crippen LogP contribution is 2.18. The molecule has 0 aromatic rings. The Balaban J connectivity index is 2.32. The van der Waals surface area contributed by atoms with Crippen LogP contribution in [0.3, 0.4) is 0 Å². The number of carboxylic acids is 1. The van der Waals surface area contributed by atoms with E-state index in [-0.39, 0.29) is 11.9 Å². The van der Waals surface area contributed by atoms with Gasteiger partial charge in [-0.05, 0) is 33.6 Å². The van der Waals surface area contributed by atoms with Crippen molar-refractivity contribution in [1.82, 2.24) is 16.0 Å². The van der Waals surface area contributed by atoms with Gasteiger partial charge in [-0.1, -0.05) is 0 Å². The van der Waals surface area contributed by atoms with Crippen molar-refractivity contribution in [3.05, 3.63) is 0 Å². The molecule has 1 aliphatic rings. The van der Waals surface area contributed by atoms with E-state index in [1.54, 1.807) is 13.8 Å². The maximum atomic E-state index is 11.6. The fourth-order valence-electron chi connectivity index (χ4n) is 1.40. The molecule has 1 aliphatic carbocycles. The highest BCUT2D eigenvalue weighted by Gasteiger charge is 2.27. The molecule has 0 aromatic carbocycles. The SMILES string of the molecule is CC(NC(=O)NC(C)C(C)C(=O)O)C(=O)NC1CC1. The monoisotopic (exact) mass is 271 g/mol. The van der Waals surface area contributed by atoms with Crippen LogP contribution < -0.4 is 16.0 Å². The van der Waals surface area contributed by atoms with Crippen LogP contribution in [0.1, 0.15) is 33.6 Å². The minimum atomic E-state index is -0.979. The van der Waals surface area contributed by atoms with E-state index in [9.17, 15) is 14.4 Å². The number of carbonyl (C=O) groups is 3. The maximum absolute atomic E-state index is 11.6. The summed E-state index contributed by atoms with van der Waals surface area (Å²) in [6, 6.07) is -1.46. The van der Waals surface area contributed by atoms with Crippen molar-refractivity contribution in [2.24, 2.45) is 5.92 Å². The van der Waals surface area contributed by atoms with Gasteiger partial charge in [-0.2, -0.15) is 0 Å². The molecule has 0 spiro atoms. The first-order valence-corrected chi connectivity index (χ1v) is 6.41. The van der Waals surface area contributed by atoms with Gasteiger partial charge in [0.05, 0.1) is 5.92 Å². The van der Waals surface area contributed by atoms with Crippen LogP contribution in [0.4, 0.5) is 4.79 Å². The van der Waals surface area contributed by atoms with Gasteiger partial charge in [0.15, 0.2) is 0 Å². The molecule has 1 rings (SSSR count). The summed E-state index contributed by atoms with van der Waals surface area (Å²) in [7, 11) is 0. The number of aliphatic carboxylic acids is 1. The minimum absolute atomic E-state index is 0.225. The Morgan fingerprint density at radius 2 is 1.68 bits per heavy atom. The summed E-state index contributed by atoms with van der Waals surface area (Å²) in [4.78, 5) is 34.0. The molecule has 0 saturated heterocycles. The first-order chi connectivity index (χ1) is 8.81. The Morgan fingerprint density at radius 3 is 2.16 bits per heavy atom. The van der Waals surface area contributed by atoms with Crippen LogP contribution in [0.25, 0.3) is 0 Å². The van der Waals surface area contributed by atoms with Gasteiger partial charge in [-0.15, -0.1) is 0 Å². The maximum Gasteiger partial charge on any atom is 0.315 e. The minimum Gasteiger partial charge on any atom is -0.481 e. The molecule has 0 radical (unpaired) electrons. The van der Waals surface area contributed by atoms with Gasteiger partial charge < -0.3 is 21.1 Å². The second kappa shape index (κ2) is 6.40. The summed E-state index contributed by atoms with van der Waals surface area (Å²) in [6.45, 7) is 4.70. The molecule has 1 fully saturated rings. The van der Waals surface area contributed by atoms with E-state index >= 15 is 0 Å². The first-order valence-electron chi connectivity index (χ1n) is 6.41. The van der Waals surface area contributed by atoms with Gasteiger partial charge >= 0.3 is 12.0 Å². The number of amides is 3. The van der Waals surface area contributed by atoms with E-state index in [2.05, 4.69) is 16.0 Å². The van der Waals surface area contributed by atoms with Crippen LogP contribution in [-0.4, -0.2) is 41.1 Å². The fraction of sp³-hybridized carbons (Fsp3) is 0.750. The zero-order chi connectivity index (χ0) is 14.6. The van der Waals surface area contributed by atoms with Crippen molar-refractivity contribution in [1.29, 1.82) is 0 Å². The van der Waals surface area contributed by atoms with E-state index in [0.29, 0.717) is 0 Å². The molecule has 7 nitrogen and oxygen atoms in total. The van der Waals surface area contributed by atoms with Crippen LogP contribution in [0, 0.1) is 5.92 Å². The predicted octanol–water partition coefficient (Wildman–Crippen LogP) is 0.0619. The lowest BCUT2D eigenvalue weighted by Crippen LogP contribution is -2.52. The summed E-state index contributed by atoms with van der Waals surface area (Å²) >= 11 is 0. The standard InChI is InChI=1S/C12H21N3O4/c1-6(11(17)18)7(2)13-12(19)14-8(3)10(16)15-9-4-5-9/h6-9H,4-5H2,1-3H3,(H,15,16)(H,17,18)(H2,13,14,19). The number of rotatable bonds is 6. The van der Waals surface area contributed by atoms with E-state index in [1.165, 1.54) is 6.92 Å². The van der Waals surface area contributed by atoms with Crippen LogP contribution >= 0.6 is 0 Å². The Labute approximate surface area is 112 Å². The molecule has 3 amide bonds. The number of hydrogen-bond acceptors (Lipinski definition) is 3. The Morgan fingerprint density at radius 1 is 1.11 bits per heavy atom. The lowest BCUT2D eigenvalue weighted by atomic mass is 10.0. The van der Waals surface area contributed by atoms with Crippen molar-refractivity contribution in [2.75, 3.05) is 0 Å². The van der Waals surface area contributed by atoms with E-state index in [0.717, 1.165) is 12.8 Å². The highest BCUT2D eigenvalue weighted by atomic mass is 16.4. The van der Waals surface area contributed by atoms with E-state index in [4.69, 9.17) is 5.11 Å². The third-order valence-electron chi connectivity index (χ3n) is 3.16. The normalized spacial score (nSPS) is 18.9. The second-order valence-electron chi connectivity index (χ2n) is 5.04. The average molecular weight is 271 g/mol. The van der Waals surface area contributed by atoms with Gasteiger partial charge in [0, 0.05) is 12.1 Å². The Kier molecular flexibility index (Phi) is 5.14. The van der Waals surface area contributed by atoms with Gasteiger partial charge in [0.1, 0.15) is 6.04 Å². The summed E-state index contributed by atoms with van der Waals surface area (Å²) in [5.74, 6) is -1.90. The van der Waals surface area contributed by atoms with Crippen molar-refractivity contribution in [3.8, 4) is 0 Å². The molecular formula is C12H21N3O4. The molecule has 3 unspecified atom stereocenters. The van der Waals surface area contributed by atoms with Crippen LogP contribution in [0.2, 0.25) is 0 Å². The molecule has 108 valence electrons. The Hall–Kier alpha value is -1.79. The summed E-state index contributed by atoms with van der Waals surface area (Å²) in [6.07, 6.45) is 1.97. The number of hydrogen-bond donors (Lipinski definition) is 4. The quantitative estimate of drug-likeness (QED) is 0.548. The van der Waals surface area contributed by atoms with E-state index in [1.807, 2.05) is 0 Å². The molecule has 4 N–H and O–H groups in total. The molecule has 0 heterocycles. The number of nitrogens with one attached hydrogen (secondary N) is 3. The van der Waals surface area contributed by atoms with Crippen LogP contribution in [0.5, 0.6) is 0 Å². The van der Waals surface area contributed by atoms with E-state index < -0.39 is 30.0 Å². The first kappa shape index (κ1) is 15.3. The highest BCUT2D eigenvalue weighted by molar-refractivity contribution is 5.87. The van der Waals surface area contributed by atoms with Crippen molar-refractivity contribution in [3.63, 3.8) is 0 Å². The van der Waals surface area contributed by atoms with Crippen LogP contribution in [0.15, 0.2) is 0 Å². The average Bonchev–Trinajstić information content (AvgIpc) is 3.11. The molecule has 0 bridgehead atoms. The number of carboxylic acid groups (broad SMARTS) is 1. The lowest BCUT2D eigenvalue weighted by Gasteiger charge is -2.20. The van der Waals surface area contributed by atoms with Gasteiger partial charge in [-0.25, -0.2) is 4.79 Å². The smallest absolute Gasteiger partial charge is 0.315 e. The van der Waals surface area contributed by atoms with Crippen LogP contribution in [-0.2, 0) is 9.59 Å². The lowest BCUT2D eigenvalue weighted by molar-refractivity contribution is -0.141. The Bertz CT molecular complexity index is 368. The van der Waals surface area contributed by atoms with Crippen molar-refractivity contribution < 1.29 is 19.5 Å². The van der Waals surface area contributed by atoms with Gasteiger partial charge in [-0.3, -0.25) is 9.59 Å². The second-order valence-corrected chi connectivity index (χ2v) is 5.04. The third kappa shape index (κ3) is 5.15. The number of carbonyl (C=O) groups excluding carboxylic acids is 2. The molecule has 3 atom stereocenters. The fourth-order valence-corrected chi connectivity index (χ4v) is 1.40. The summed E-state index contributed by atoms with van der Waals surface area (Å²) in [5.41, 5.74) is 0. The third-order valence-corrected chi connectivity index (χ3v) is 3.16. The zero-order valence-corrected chi connectivity index (χ0v) is 11.4. The molecular weight excluding hydrogens is 250 g/mol. The number of urea groups is 1. The predicted molar refractivity (Wildman–Crippen MR) is 68.6 cm³/mol. The molecule has 19 heavy (non-hydrogen) atoms. The summed E-state index contributed by atoms with van der Waals surface area (Å²) < 4.78 is 0. The van der Waals surface area contributed by atoms with Crippen molar-refractivity contribution >= 4 is 17.9 Å². The van der Waals surface area contributed by atoms with Gasteiger partial charge in [0.25, 0.3) is 0 Å².